The Morgan fingerprint density at radius 2 is 1.94 bits per heavy atom. The van der Waals surface area contributed by atoms with Crippen LogP contribution in [0.4, 0.5) is 0 Å². The van der Waals surface area contributed by atoms with Crippen molar-refractivity contribution in [3.8, 4) is 0 Å². The van der Waals surface area contributed by atoms with Gasteiger partial charge in [0.2, 0.25) is 5.91 Å². The molecule has 1 fully saturated rings. The number of carbonyl (C=O) groups excluding carboxylic acids is 1. The minimum Gasteiger partial charge on any atom is -0.481 e. The fourth-order valence-electron chi connectivity index (χ4n) is 2.06. The Kier molecular flexibility index (Phi) is 3.97. The molecule has 0 radical (unpaired) electrons. The molecular weight excluding hydrogens is 230 g/mol. The lowest BCUT2D eigenvalue weighted by Gasteiger charge is -2.16. The highest BCUT2D eigenvalue weighted by atomic mass is 16.4. The molecule has 1 aliphatic rings. The van der Waals surface area contributed by atoms with Crippen LogP contribution in [0.1, 0.15) is 24.8 Å². The van der Waals surface area contributed by atoms with Crippen LogP contribution in [0.5, 0.6) is 0 Å². The van der Waals surface area contributed by atoms with Gasteiger partial charge in [-0.15, -0.1) is 0 Å². The monoisotopic (exact) mass is 247 g/mol. The van der Waals surface area contributed by atoms with Crippen molar-refractivity contribution in [3.63, 3.8) is 0 Å². The summed E-state index contributed by atoms with van der Waals surface area (Å²) in [5.74, 6) is -0.605. The van der Waals surface area contributed by atoms with Crippen LogP contribution < -0.4 is 5.32 Å². The lowest BCUT2D eigenvalue weighted by atomic mass is 10.1. The van der Waals surface area contributed by atoms with Crippen LogP contribution in [0.2, 0.25) is 0 Å². The summed E-state index contributed by atoms with van der Waals surface area (Å²) in [7, 11) is 0. The van der Waals surface area contributed by atoms with E-state index in [-0.39, 0.29) is 18.4 Å². The first-order valence-corrected chi connectivity index (χ1v) is 6.20. The van der Waals surface area contributed by atoms with Gasteiger partial charge in [-0.2, -0.15) is 0 Å². The minimum atomic E-state index is -0.855. The fraction of sp³-hybridized carbons (Fsp3) is 0.429. The molecule has 1 saturated carbocycles. The molecule has 0 aromatic heterocycles. The molecule has 4 heteroatoms. The Morgan fingerprint density at radius 3 is 2.50 bits per heavy atom. The van der Waals surface area contributed by atoms with Gasteiger partial charge in [0.15, 0.2) is 0 Å². The number of benzene rings is 1. The molecule has 0 saturated heterocycles. The number of hydrogen-bond donors (Lipinski definition) is 2. The summed E-state index contributed by atoms with van der Waals surface area (Å²) in [5.41, 5.74) is 0.944. The van der Waals surface area contributed by atoms with Crippen LogP contribution in [0, 0.1) is 5.92 Å². The third-order valence-electron chi connectivity index (χ3n) is 3.14. The van der Waals surface area contributed by atoms with Gasteiger partial charge in [0.05, 0.1) is 12.8 Å². The quantitative estimate of drug-likeness (QED) is 0.802. The summed E-state index contributed by atoms with van der Waals surface area (Å²) in [6.07, 6.45) is 2.36. The Morgan fingerprint density at radius 1 is 1.28 bits per heavy atom. The van der Waals surface area contributed by atoms with Gasteiger partial charge in [-0.3, -0.25) is 9.59 Å². The first kappa shape index (κ1) is 12.6. The highest BCUT2D eigenvalue weighted by Gasteiger charge is 2.33. The van der Waals surface area contributed by atoms with Crippen LogP contribution in [0.25, 0.3) is 0 Å². The number of aliphatic carboxylic acids is 1. The largest absolute Gasteiger partial charge is 0.481 e. The van der Waals surface area contributed by atoms with E-state index in [1.807, 2.05) is 30.3 Å². The van der Waals surface area contributed by atoms with Gasteiger partial charge in [0.1, 0.15) is 0 Å². The van der Waals surface area contributed by atoms with Gasteiger partial charge in [0.25, 0.3) is 0 Å². The summed E-state index contributed by atoms with van der Waals surface area (Å²) in [5, 5.41) is 11.7. The van der Waals surface area contributed by atoms with Gasteiger partial charge in [-0.1, -0.05) is 30.3 Å². The van der Waals surface area contributed by atoms with Gasteiger partial charge < -0.3 is 10.4 Å². The molecule has 2 N–H and O–H groups in total. The maximum Gasteiger partial charge on any atom is 0.305 e. The molecule has 2 rings (SSSR count). The number of hydrogen-bond acceptors (Lipinski definition) is 2. The summed E-state index contributed by atoms with van der Waals surface area (Å²) >= 11 is 0. The van der Waals surface area contributed by atoms with Crippen LogP contribution in [0.3, 0.4) is 0 Å². The lowest BCUT2D eigenvalue weighted by molar-refractivity contribution is -0.137. The average Bonchev–Trinajstić information content (AvgIpc) is 3.12. The summed E-state index contributed by atoms with van der Waals surface area (Å²) in [4.78, 5) is 22.6. The number of carbonyl (C=O) groups is 2. The van der Waals surface area contributed by atoms with E-state index in [0.717, 1.165) is 18.4 Å². The zero-order valence-corrected chi connectivity index (χ0v) is 10.1. The van der Waals surface area contributed by atoms with E-state index in [1.165, 1.54) is 0 Å². The summed E-state index contributed by atoms with van der Waals surface area (Å²) < 4.78 is 0. The van der Waals surface area contributed by atoms with E-state index in [9.17, 15) is 9.59 Å². The molecule has 1 aliphatic carbocycles. The minimum absolute atomic E-state index is 0.0190. The maximum atomic E-state index is 11.8. The van der Waals surface area contributed by atoms with Crippen molar-refractivity contribution >= 4 is 11.9 Å². The van der Waals surface area contributed by atoms with E-state index in [1.54, 1.807) is 0 Å². The van der Waals surface area contributed by atoms with Crippen molar-refractivity contribution < 1.29 is 14.7 Å². The highest BCUT2D eigenvalue weighted by molar-refractivity contribution is 5.79. The Bertz CT molecular complexity index is 426. The van der Waals surface area contributed by atoms with Crippen LogP contribution in [-0.2, 0) is 16.0 Å². The van der Waals surface area contributed by atoms with Crippen molar-refractivity contribution in [3.05, 3.63) is 35.9 Å². The third kappa shape index (κ3) is 3.87. The Hall–Kier alpha value is -1.84. The molecule has 1 aromatic rings. The molecule has 1 aromatic carbocycles. The second-order valence-corrected chi connectivity index (χ2v) is 4.77. The molecule has 18 heavy (non-hydrogen) atoms. The molecule has 1 atom stereocenters. The molecule has 0 spiro atoms. The van der Waals surface area contributed by atoms with Gasteiger partial charge in [0, 0.05) is 6.04 Å². The second kappa shape index (κ2) is 5.67. The third-order valence-corrected chi connectivity index (χ3v) is 3.14. The standard InChI is InChI=1S/C14H17NO3/c16-13(8-10-4-2-1-3-5-10)15-12(9-14(17)18)11-6-7-11/h1-5,11-12H,6-9H2,(H,15,16)(H,17,18). The van der Waals surface area contributed by atoms with Crippen LogP contribution in [-0.4, -0.2) is 23.0 Å². The zero-order valence-electron chi connectivity index (χ0n) is 10.1. The number of nitrogens with one attached hydrogen (secondary N) is 1. The van der Waals surface area contributed by atoms with Crippen molar-refractivity contribution in [2.24, 2.45) is 5.92 Å². The number of amides is 1. The predicted molar refractivity (Wildman–Crippen MR) is 67.1 cm³/mol. The smallest absolute Gasteiger partial charge is 0.305 e. The van der Waals surface area contributed by atoms with Crippen molar-refractivity contribution in [1.29, 1.82) is 0 Å². The average molecular weight is 247 g/mol. The SMILES string of the molecule is O=C(O)CC(NC(=O)Cc1ccccc1)C1CC1. The first-order chi connectivity index (χ1) is 8.65. The van der Waals surface area contributed by atoms with E-state index < -0.39 is 5.97 Å². The van der Waals surface area contributed by atoms with Crippen molar-refractivity contribution in [2.75, 3.05) is 0 Å². The molecule has 96 valence electrons. The molecule has 0 bridgehead atoms. The topological polar surface area (TPSA) is 66.4 Å². The zero-order chi connectivity index (χ0) is 13.0. The normalized spacial score (nSPS) is 16.0. The van der Waals surface area contributed by atoms with Gasteiger partial charge in [-0.25, -0.2) is 0 Å². The molecule has 4 nitrogen and oxygen atoms in total. The van der Waals surface area contributed by atoms with E-state index in [2.05, 4.69) is 5.32 Å². The van der Waals surface area contributed by atoms with Crippen molar-refractivity contribution in [1.82, 2.24) is 5.32 Å². The van der Waals surface area contributed by atoms with E-state index in [0.29, 0.717) is 12.3 Å². The number of carboxylic acids is 1. The lowest BCUT2D eigenvalue weighted by Crippen LogP contribution is -2.38. The van der Waals surface area contributed by atoms with E-state index in [4.69, 9.17) is 5.11 Å². The molecule has 1 amide bonds. The highest BCUT2D eigenvalue weighted by Crippen LogP contribution is 2.34. The van der Waals surface area contributed by atoms with Gasteiger partial charge >= 0.3 is 5.97 Å². The fourth-order valence-corrected chi connectivity index (χ4v) is 2.06. The molecule has 0 aliphatic heterocycles. The number of carboxylic acid groups (broad SMARTS) is 1. The second-order valence-electron chi connectivity index (χ2n) is 4.77. The Balaban J connectivity index is 1.87. The van der Waals surface area contributed by atoms with Crippen LogP contribution >= 0.6 is 0 Å². The number of rotatable bonds is 6. The van der Waals surface area contributed by atoms with E-state index >= 15 is 0 Å². The summed E-state index contributed by atoms with van der Waals surface area (Å²) in [6.45, 7) is 0. The van der Waals surface area contributed by atoms with Crippen LogP contribution in [0.15, 0.2) is 30.3 Å². The van der Waals surface area contributed by atoms with Crippen molar-refractivity contribution in [2.45, 2.75) is 31.7 Å². The predicted octanol–water partition coefficient (Wildman–Crippen LogP) is 1.60. The van der Waals surface area contributed by atoms with Gasteiger partial charge in [-0.05, 0) is 24.3 Å². The summed E-state index contributed by atoms with van der Waals surface area (Å²) in [6, 6.07) is 9.25. The molecular formula is C14H17NO3. The maximum absolute atomic E-state index is 11.8. The molecule has 1 unspecified atom stereocenters. The first-order valence-electron chi connectivity index (χ1n) is 6.20. The Labute approximate surface area is 106 Å². The molecule has 0 heterocycles.